The minimum absolute atomic E-state index is 0. The number of piperidine rings is 1. The van der Waals surface area contributed by atoms with Gasteiger partial charge in [-0.2, -0.15) is 0 Å². The lowest BCUT2D eigenvalue weighted by molar-refractivity contribution is 0.0817. The molecule has 3 aliphatic rings. The Kier molecular flexibility index (Phi) is 3.50. The number of hydrogen-bond acceptors (Lipinski definition) is 2. The number of hydrogen-bond donors (Lipinski definition) is 1. The second-order valence-corrected chi connectivity index (χ2v) is 6.67. The van der Waals surface area contributed by atoms with Crippen molar-refractivity contribution in [1.29, 1.82) is 0 Å². The molecule has 110 valence electrons. The van der Waals surface area contributed by atoms with Gasteiger partial charge in [-0.15, -0.1) is 12.4 Å². The number of halogens is 1. The van der Waals surface area contributed by atoms with E-state index in [0.717, 1.165) is 5.75 Å². The molecule has 1 N–H and O–H groups in total. The molecule has 2 aliphatic carbocycles. The molecule has 0 bridgehead atoms. The number of methoxy groups -OCH3 is 1. The van der Waals surface area contributed by atoms with Crippen LogP contribution in [-0.2, 0) is 11.8 Å². The monoisotopic (exact) mass is 293 g/mol. The van der Waals surface area contributed by atoms with Crippen molar-refractivity contribution >= 4 is 12.4 Å². The highest BCUT2D eigenvalue weighted by Crippen LogP contribution is 2.62. The Morgan fingerprint density at radius 2 is 2.05 bits per heavy atom. The molecule has 20 heavy (non-hydrogen) atoms. The maximum Gasteiger partial charge on any atom is 0.119 e. The molecule has 1 aliphatic heterocycles. The average molecular weight is 294 g/mol. The van der Waals surface area contributed by atoms with Gasteiger partial charge in [0, 0.05) is 12.0 Å². The predicted molar refractivity (Wildman–Crippen MR) is 84.0 cm³/mol. The summed E-state index contributed by atoms with van der Waals surface area (Å²) in [6, 6.07) is 6.80. The number of rotatable bonds is 1. The fraction of sp³-hybridized carbons (Fsp3) is 0.647. The summed E-state index contributed by atoms with van der Waals surface area (Å²) < 4.78 is 5.49. The van der Waals surface area contributed by atoms with E-state index in [2.05, 4.69) is 23.5 Å². The van der Waals surface area contributed by atoms with Crippen LogP contribution in [0.2, 0.25) is 0 Å². The van der Waals surface area contributed by atoms with Gasteiger partial charge >= 0.3 is 0 Å². The van der Waals surface area contributed by atoms with Gasteiger partial charge in [-0.25, -0.2) is 0 Å². The maximum absolute atomic E-state index is 5.49. The van der Waals surface area contributed by atoms with Crippen LogP contribution in [-0.4, -0.2) is 20.2 Å². The summed E-state index contributed by atoms with van der Waals surface area (Å²) in [7, 11) is 1.78. The fourth-order valence-electron chi connectivity index (χ4n) is 5.24. The molecule has 2 nitrogen and oxygen atoms in total. The van der Waals surface area contributed by atoms with Crippen molar-refractivity contribution in [3.05, 3.63) is 29.3 Å². The summed E-state index contributed by atoms with van der Waals surface area (Å²) in [6.45, 7) is 2.40. The van der Waals surface area contributed by atoms with Crippen molar-refractivity contribution in [3.8, 4) is 5.75 Å². The molecule has 1 aromatic carbocycles. The second-order valence-electron chi connectivity index (χ2n) is 6.67. The SMILES string of the molecule is COc1ccc2c(c1)C13CCCC1(CC2)CNCC3.Cl. The van der Waals surface area contributed by atoms with Crippen LogP contribution in [0, 0.1) is 5.41 Å². The first-order valence-corrected chi connectivity index (χ1v) is 7.68. The molecule has 4 rings (SSSR count). The van der Waals surface area contributed by atoms with E-state index in [1.54, 1.807) is 18.2 Å². The standard InChI is InChI=1S/C17H23NO.ClH/c1-19-14-4-3-13-5-8-16-6-2-7-17(16,15(13)11-14)9-10-18-12-16;/h3-4,11,18H,2,5-10,12H2,1H3;1H. The van der Waals surface area contributed by atoms with Crippen molar-refractivity contribution in [1.82, 2.24) is 5.32 Å². The van der Waals surface area contributed by atoms with Crippen LogP contribution in [0.1, 0.15) is 43.2 Å². The molecule has 3 heteroatoms. The van der Waals surface area contributed by atoms with Gasteiger partial charge in [-0.05, 0) is 67.3 Å². The van der Waals surface area contributed by atoms with Crippen LogP contribution < -0.4 is 10.1 Å². The van der Waals surface area contributed by atoms with E-state index in [9.17, 15) is 0 Å². The van der Waals surface area contributed by atoms with Crippen molar-refractivity contribution in [2.75, 3.05) is 20.2 Å². The summed E-state index contributed by atoms with van der Waals surface area (Å²) in [5.74, 6) is 1.04. The Bertz CT molecular complexity index is 518. The molecule has 1 saturated carbocycles. The van der Waals surface area contributed by atoms with E-state index in [0.29, 0.717) is 10.8 Å². The zero-order valence-electron chi connectivity index (χ0n) is 12.2. The van der Waals surface area contributed by atoms with Crippen LogP contribution in [0.15, 0.2) is 18.2 Å². The largest absolute Gasteiger partial charge is 0.497 e. The third-order valence-corrected chi connectivity index (χ3v) is 6.17. The van der Waals surface area contributed by atoms with E-state index < -0.39 is 0 Å². The molecular weight excluding hydrogens is 270 g/mol. The van der Waals surface area contributed by atoms with E-state index >= 15 is 0 Å². The molecule has 0 amide bonds. The Morgan fingerprint density at radius 1 is 1.15 bits per heavy atom. The van der Waals surface area contributed by atoms with E-state index in [-0.39, 0.29) is 12.4 Å². The normalized spacial score (nSPS) is 34.5. The molecule has 1 aromatic rings. The first kappa shape index (κ1) is 14.2. The van der Waals surface area contributed by atoms with Gasteiger partial charge in [0.15, 0.2) is 0 Å². The topological polar surface area (TPSA) is 21.3 Å². The second kappa shape index (κ2) is 4.92. The average Bonchev–Trinajstić information content (AvgIpc) is 2.87. The fourth-order valence-corrected chi connectivity index (χ4v) is 5.24. The Balaban J connectivity index is 0.00000121. The highest BCUT2D eigenvalue weighted by Gasteiger charge is 2.58. The summed E-state index contributed by atoms with van der Waals surface area (Å²) >= 11 is 0. The van der Waals surface area contributed by atoms with Crippen LogP contribution in [0.25, 0.3) is 0 Å². The van der Waals surface area contributed by atoms with Crippen molar-refractivity contribution < 1.29 is 4.74 Å². The molecule has 1 saturated heterocycles. The highest BCUT2D eigenvalue weighted by atomic mass is 35.5. The van der Waals surface area contributed by atoms with Gasteiger partial charge in [-0.1, -0.05) is 12.5 Å². The highest BCUT2D eigenvalue weighted by molar-refractivity contribution is 5.85. The first-order chi connectivity index (χ1) is 9.30. The lowest BCUT2D eigenvalue weighted by Crippen LogP contribution is -2.56. The number of fused-ring (bicyclic) bond motifs is 1. The Labute approximate surface area is 127 Å². The third kappa shape index (κ3) is 1.67. The molecule has 2 fully saturated rings. The summed E-state index contributed by atoms with van der Waals surface area (Å²) in [4.78, 5) is 0. The third-order valence-electron chi connectivity index (χ3n) is 6.17. The summed E-state index contributed by atoms with van der Waals surface area (Å²) in [5.41, 5.74) is 4.18. The zero-order valence-corrected chi connectivity index (χ0v) is 13.0. The molecular formula is C17H24ClNO. The van der Waals surface area contributed by atoms with Gasteiger partial charge in [-0.3, -0.25) is 0 Å². The van der Waals surface area contributed by atoms with Crippen molar-refractivity contribution in [2.45, 2.75) is 43.9 Å². The number of nitrogens with one attached hydrogen (secondary N) is 1. The molecule has 0 radical (unpaired) electrons. The van der Waals surface area contributed by atoms with Crippen LogP contribution >= 0.6 is 12.4 Å². The minimum Gasteiger partial charge on any atom is -0.497 e. The van der Waals surface area contributed by atoms with Crippen LogP contribution in [0.4, 0.5) is 0 Å². The lowest BCUT2D eigenvalue weighted by Gasteiger charge is -2.54. The number of ether oxygens (including phenoxy) is 1. The first-order valence-electron chi connectivity index (χ1n) is 7.68. The van der Waals surface area contributed by atoms with E-state index in [1.807, 2.05) is 0 Å². The maximum atomic E-state index is 5.49. The molecule has 0 spiro atoms. The van der Waals surface area contributed by atoms with Gasteiger partial charge in [0.25, 0.3) is 0 Å². The zero-order chi connectivity index (χ0) is 12.9. The smallest absolute Gasteiger partial charge is 0.119 e. The van der Waals surface area contributed by atoms with Gasteiger partial charge in [0.2, 0.25) is 0 Å². The summed E-state index contributed by atoms with van der Waals surface area (Å²) in [5, 5.41) is 3.67. The lowest BCUT2D eigenvalue weighted by atomic mass is 9.53. The number of aryl methyl sites for hydroxylation is 1. The van der Waals surface area contributed by atoms with Crippen molar-refractivity contribution in [2.24, 2.45) is 5.41 Å². The van der Waals surface area contributed by atoms with Gasteiger partial charge in [0.1, 0.15) is 5.75 Å². The summed E-state index contributed by atoms with van der Waals surface area (Å²) in [6.07, 6.45) is 8.14. The van der Waals surface area contributed by atoms with Gasteiger partial charge < -0.3 is 10.1 Å². The number of benzene rings is 1. The van der Waals surface area contributed by atoms with Gasteiger partial charge in [0.05, 0.1) is 7.11 Å². The molecule has 1 heterocycles. The Morgan fingerprint density at radius 3 is 2.90 bits per heavy atom. The minimum atomic E-state index is 0. The van der Waals surface area contributed by atoms with Crippen molar-refractivity contribution in [3.63, 3.8) is 0 Å². The molecule has 2 unspecified atom stereocenters. The van der Waals surface area contributed by atoms with E-state index in [4.69, 9.17) is 4.74 Å². The molecule has 2 atom stereocenters. The molecule has 0 aromatic heterocycles. The quantitative estimate of drug-likeness (QED) is 0.856. The van der Waals surface area contributed by atoms with Crippen LogP contribution in [0.5, 0.6) is 5.75 Å². The predicted octanol–water partition coefficient (Wildman–Crippen LogP) is 3.46. The Hall–Kier alpha value is -0.730. The van der Waals surface area contributed by atoms with E-state index in [1.165, 1.54) is 51.6 Å². The van der Waals surface area contributed by atoms with Crippen LogP contribution in [0.3, 0.4) is 0 Å².